The average Bonchev–Trinajstić information content (AvgIpc) is 3.31. The van der Waals surface area contributed by atoms with E-state index in [4.69, 9.17) is 9.72 Å². The molecule has 3 aromatic rings. The van der Waals surface area contributed by atoms with Gasteiger partial charge in [0.25, 0.3) is 5.69 Å². The Balaban J connectivity index is 1.83. The SMILES string of the molecule is CC(C)(C)OC(=O)N[C@@H](Cc1ccc([N+](=O)[O-])cc1)c1csc(-c2cccs2)n1. The van der Waals surface area contributed by atoms with Crippen molar-refractivity contribution in [1.29, 1.82) is 0 Å². The second-order valence-corrected chi connectivity index (χ2v) is 9.19. The van der Waals surface area contributed by atoms with Gasteiger partial charge in [0.2, 0.25) is 0 Å². The van der Waals surface area contributed by atoms with Crippen LogP contribution in [-0.2, 0) is 11.2 Å². The fraction of sp³-hybridized carbons (Fsp3) is 0.300. The van der Waals surface area contributed by atoms with Gasteiger partial charge in [0.15, 0.2) is 0 Å². The molecule has 0 aliphatic rings. The van der Waals surface area contributed by atoms with Gasteiger partial charge in [-0.05, 0) is 44.2 Å². The number of thiophene rings is 1. The van der Waals surface area contributed by atoms with E-state index in [1.165, 1.54) is 23.5 Å². The average molecular weight is 432 g/mol. The lowest BCUT2D eigenvalue weighted by molar-refractivity contribution is -0.384. The molecule has 7 nitrogen and oxygen atoms in total. The maximum Gasteiger partial charge on any atom is 0.408 e. The van der Waals surface area contributed by atoms with E-state index in [-0.39, 0.29) is 5.69 Å². The summed E-state index contributed by atoms with van der Waals surface area (Å²) in [4.78, 5) is 28.6. The summed E-state index contributed by atoms with van der Waals surface area (Å²) < 4.78 is 5.40. The van der Waals surface area contributed by atoms with Gasteiger partial charge >= 0.3 is 6.09 Å². The first-order chi connectivity index (χ1) is 13.7. The molecule has 2 aromatic heterocycles. The highest BCUT2D eigenvalue weighted by Gasteiger charge is 2.23. The zero-order valence-electron chi connectivity index (χ0n) is 16.2. The molecule has 0 spiro atoms. The number of benzene rings is 1. The third-order valence-electron chi connectivity index (χ3n) is 3.89. The Kier molecular flexibility index (Phi) is 6.29. The van der Waals surface area contributed by atoms with Crippen molar-refractivity contribution in [3.63, 3.8) is 0 Å². The second-order valence-electron chi connectivity index (χ2n) is 7.38. The van der Waals surface area contributed by atoms with E-state index < -0.39 is 22.7 Å². The van der Waals surface area contributed by atoms with Crippen LogP contribution < -0.4 is 5.32 Å². The molecule has 0 aliphatic carbocycles. The van der Waals surface area contributed by atoms with Gasteiger partial charge in [-0.3, -0.25) is 10.1 Å². The van der Waals surface area contributed by atoms with E-state index in [0.717, 1.165) is 21.1 Å². The Hall–Kier alpha value is -2.78. The number of non-ortho nitro benzene ring substituents is 1. The number of hydrogen-bond acceptors (Lipinski definition) is 7. The number of nitrogens with one attached hydrogen (secondary N) is 1. The maximum atomic E-state index is 12.4. The summed E-state index contributed by atoms with van der Waals surface area (Å²) in [5.41, 5.74) is 0.982. The number of thiazole rings is 1. The van der Waals surface area contributed by atoms with Crippen molar-refractivity contribution in [2.75, 3.05) is 0 Å². The van der Waals surface area contributed by atoms with E-state index in [0.29, 0.717) is 6.42 Å². The highest BCUT2D eigenvalue weighted by Crippen LogP contribution is 2.31. The van der Waals surface area contributed by atoms with E-state index in [2.05, 4.69) is 5.32 Å². The molecular formula is C20H21N3O4S2. The lowest BCUT2D eigenvalue weighted by atomic mass is 10.0. The van der Waals surface area contributed by atoms with Gasteiger partial charge in [0, 0.05) is 17.5 Å². The number of carbonyl (C=O) groups excluding carboxylic acids is 1. The molecule has 2 heterocycles. The predicted octanol–water partition coefficient (Wildman–Crippen LogP) is 5.59. The third kappa shape index (κ3) is 5.85. The van der Waals surface area contributed by atoms with Crippen molar-refractivity contribution in [3.8, 4) is 9.88 Å². The molecule has 29 heavy (non-hydrogen) atoms. The summed E-state index contributed by atoms with van der Waals surface area (Å²) in [6, 6.07) is 9.84. The van der Waals surface area contributed by atoms with Gasteiger partial charge in [0.1, 0.15) is 10.6 Å². The van der Waals surface area contributed by atoms with Crippen LogP contribution in [0.3, 0.4) is 0 Å². The van der Waals surface area contributed by atoms with Crippen LogP contribution in [-0.4, -0.2) is 21.6 Å². The Morgan fingerprint density at radius 3 is 2.55 bits per heavy atom. The Labute approximate surface area is 176 Å². The summed E-state index contributed by atoms with van der Waals surface area (Å²) in [6.07, 6.45) is -0.0970. The van der Waals surface area contributed by atoms with Crippen LogP contribution in [0.1, 0.15) is 38.1 Å². The highest BCUT2D eigenvalue weighted by atomic mass is 32.1. The first kappa shape index (κ1) is 20.9. The number of hydrogen-bond donors (Lipinski definition) is 1. The van der Waals surface area contributed by atoms with Gasteiger partial charge in [0.05, 0.1) is 21.5 Å². The number of amides is 1. The van der Waals surface area contributed by atoms with Crippen molar-refractivity contribution in [3.05, 3.63) is 68.5 Å². The summed E-state index contributed by atoms with van der Waals surface area (Å²) in [5, 5.41) is 18.6. The minimum atomic E-state index is -0.619. The molecule has 0 unspecified atom stereocenters. The normalized spacial score (nSPS) is 12.4. The minimum Gasteiger partial charge on any atom is -0.444 e. The molecule has 0 aliphatic heterocycles. The summed E-state index contributed by atoms with van der Waals surface area (Å²) >= 11 is 3.11. The smallest absolute Gasteiger partial charge is 0.408 e. The third-order valence-corrected chi connectivity index (χ3v) is 5.79. The van der Waals surface area contributed by atoms with E-state index in [1.807, 2.05) is 22.9 Å². The molecule has 9 heteroatoms. The van der Waals surface area contributed by atoms with Crippen molar-refractivity contribution in [2.45, 2.75) is 38.8 Å². The lowest BCUT2D eigenvalue weighted by Crippen LogP contribution is -2.35. The fourth-order valence-corrected chi connectivity index (χ4v) is 4.32. The number of rotatable bonds is 6. The molecule has 0 saturated heterocycles. The molecule has 1 N–H and O–H groups in total. The molecule has 0 bridgehead atoms. The number of nitro groups is 1. The summed E-state index contributed by atoms with van der Waals surface area (Å²) in [6.45, 7) is 5.40. The standard InChI is InChI=1S/C20H21N3O4S2/c1-20(2,3)27-19(24)22-15(11-13-6-8-14(9-7-13)23(25)26)16-12-29-18(21-16)17-5-4-10-28-17/h4-10,12,15H,11H2,1-3H3,(H,22,24)/t15-/m0/s1. The van der Waals surface area contributed by atoms with Gasteiger partial charge in [-0.1, -0.05) is 18.2 Å². The molecule has 0 fully saturated rings. The fourth-order valence-electron chi connectivity index (χ4n) is 2.63. The van der Waals surface area contributed by atoms with Crippen LogP contribution in [0.2, 0.25) is 0 Å². The van der Waals surface area contributed by atoms with Crippen molar-refractivity contribution < 1.29 is 14.5 Å². The van der Waals surface area contributed by atoms with Gasteiger partial charge < -0.3 is 10.1 Å². The monoisotopic (exact) mass is 431 g/mol. The number of nitro benzene ring substituents is 1. The van der Waals surface area contributed by atoms with Crippen LogP contribution in [0.5, 0.6) is 0 Å². The first-order valence-corrected chi connectivity index (χ1v) is 10.7. The molecule has 0 radical (unpaired) electrons. The summed E-state index contributed by atoms with van der Waals surface area (Å²) in [7, 11) is 0. The van der Waals surface area contributed by atoms with Gasteiger partial charge in [-0.15, -0.1) is 22.7 Å². The minimum absolute atomic E-state index is 0.0269. The van der Waals surface area contributed by atoms with Crippen LogP contribution in [0.15, 0.2) is 47.2 Å². The topological polar surface area (TPSA) is 94.4 Å². The Morgan fingerprint density at radius 2 is 1.97 bits per heavy atom. The van der Waals surface area contributed by atoms with Gasteiger partial charge in [-0.2, -0.15) is 0 Å². The first-order valence-electron chi connectivity index (χ1n) is 8.93. The number of carbonyl (C=O) groups is 1. The second kappa shape index (κ2) is 8.71. The van der Waals surface area contributed by atoms with Crippen molar-refractivity contribution in [2.24, 2.45) is 0 Å². The molecule has 1 amide bonds. The summed E-state index contributed by atoms with van der Waals surface area (Å²) in [5.74, 6) is 0. The predicted molar refractivity (Wildman–Crippen MR) is 114 cm³/mol. The van der Waals surface area contributed by atoms with Crippen molar-refractivity contribution in [1.82, 2.24) is 10.3 Å². The maximum absolute atomic E-state index is 12.4. The molecule has 1 aromatic carbocycles. The molecule has 0 saturated carbocycles. The van der Waals surface area contributed by atoms with Crippen molar-refractivity contribution >= 4 is 34.5 Å². The van der Waals surface area contributed by atoms with Crippen LogP contribution >= 0.6 is 22.7 Å². The molecule has 152 valence electrons. The van der Waals surface area contributed by atoms with Crippen LogP contribution in [0.4, 0.5) is 10.5 Å². The van der Waals surface area contributed by atoms with E-state index >= 15 is 0 Å². The number of nitrogens with zero attached hydrogens (tertiary/aromatic N) is 2. The van der Waals surface area contributed by atoms with Crippen LogP contribution in [0.25, 0.3) is 9.88 Å². The largest absolute Gasteiger partial charge is 0.444 e. The Morgan fingerprint density at radius 1 is 1.24 bits per heavy atom. The number of aromatic nitrogens is 1. The number of ether oxygens (including phenoxy) is 1. The quantitative estimate of drug-likeness (QED) is 0.406. The molecular weight excluding hydrogens is 410 g/mol. The molecule has 3 rings (SSSR count). The lowest BCUT2D eigenvalue weighted by Gasteiger charge is -2.23. The zero-order valence-corrected chi connectivity index (χ0v) is 17.9. The molecule has 1 atom stereocenters. The zero-order chi connectivity index (χ0) is 21.0. The van der Waals surface area contributed by atoms with Gasteiger partial charge in [-0.25, -0.2) is 9.78 Å². The highest BCUT2D eigenvalue weighted by molar-refractivity contribution is 7.20. The van der Waals surface area contributed by atoms with E-state index in [9.17, 15) is 14.9 Å². The number of alkyl carbamates (subject to hydrolysis) is 1. The van der Waals surface area contributed by atoms with Crippen LogP contribution in [0, 0.1) is 10.1 Å². The van der Waals surface area contributed by atoms with E-state index in [1.54, 1.807) is 44.2 Å². The Bertz CT molecular complexity index is 976.